The van der Waals surface area contributed by atoms with E-state index in [0.29, 0.717) is 0 Å². The Hall–Kier alpha value is -2.95. The summed E-state index contributed by atoms with van der Waals surface area (Å²) in [6.07, 6.45) is 3.40. The highest BCUT2D eigenvalue weighted by atomic mass is 19.1. The number of benzene rings is 2. The van der Waals surface area contributed by atoms with Crippen molar-refractivity contribution in [1.82, 2.24) is 20.2 Å². The molecule has 0 atom stereocenters. The molecule has 4 aromatic rings. The Morgan fingerprint density at radius 2 is 1.95 bits per heavy atom. The third kappa shape index (κ3) is 1.99. The number of nitrogens with zero attached hydrogens (tertiary/aromatic N) is 2. The number of imidazole rings is 1. The van der Waals surface area contributed by atoms with Crippen LogP contribution in [0, 0.1) is 5.82 Å². The number of rotatable bonds is 2. The normalized spacial score (nSPS) is 11.1. The lowest BCUT2D eigenvalue weighted by Gasteiger charge is -2.04. The molecule has 0 spiro atoms. The number of fused-ring (bicyclic) bond motifs is 1. The Labute approximate surface area is 119 Å². The Bertz CT molecular complexity index is 923. The van der Waals surface area contributed by atoms with E-state index in [1.165, 1.54) is 12.1 Å². The Morgan fingerprint density at radius 1 is 1.00 bits per heavy atom. The van der Waals surface area contributed by atoms with E-state index in [2.05, 4.69) is 20.2 Å². The average Bonchev–Trinajstić information content (AvgIpc) is 3.15. The van der Waals surface area contributed by atoms with E-state index in [-0.39, 0.29) is 5.82 Å². The molecule has 0 saturated carbocycles. The molecular weight excluding hydrogens is 267 g/mol. The molecule has 2 N–H and O–H groups in total. The fraction of sp³-hybridized carbons (Fsp3) is 0. The number of halogens is 1. The molecule has 2 aromatic heterocycles. The quantitative estimate of drug-likeness (QED) is 0.586. The Morgan fingerprint density at radius 3 is 2.86 bits per heavy atom. The van der Waals surface area contributed by atoms with Crippen molar-refractivity contribution >= 4 is 10.9 Å². The number of H-pyrrole nitrogens is 2. The predicted molar refractivity (Wildman–Crippen MR) is 79.1 cm³/mol. The first-order chi connectivity index (χ1) is 10.3. The highest BCUT2D eigenvalue weighted by molar-refractivity contribution is 5.86. The summed E-state index contributed by atoms with van der Waals surface area (Å²) in [6, 6.07) is 12.4. The summed E-state index contributed by atoms with van der Waals surface area (Å²) < 4.78 is 13.4. The van der Waals surface area contributed by atoms with Gasteiger partial charge in [0.2, 0.25) is 0 Å². The van der Waals surface area contributed by atoms with E-state index < -0.39 is 0 Å². The van der Waals surface area contributed by atoms with Gasteiger partial charge in [-0.2, -0.15) is 5.10 Å². The van der Waals surface area contributed by atoms with Crippen molar-refractivity contribution in [3.05, 3.63) is 60.8 Å². The van der Waals surface area contributed by atoms with Crippen LogP contribution in [-0.2, 0) is 0 Å². The average molecular weight is 278 g/mol. The van der Waals surface area contributed by atoms with Crippen LogP contribution in [0.2, 0.25) is 0 Å². The van der Waals surface area contributed by atoms with Crippen LogP contribution in [-0.4, -0.2) is 20.2 Å². The predicted octanol–water partition coefficient (Wildman–Crippen LogP) is 3.76. The lowest BCUT2D eigenvalue weighted by molar-refractivity contribution is 0.628. The van der Waals surface area contributed by atoms with Crippen molar-refractivity contribution in [2.24, 2.45) is 0 Å². The molecular formula is C16H11FN4. The largest absolute Gasteiger partial charge is 0.344 e. The summed E-state index contributed by atoms with van der Waals surface area (Å²) in [4.78, 5) is 7.45. The second kappa shape index (κ2) is 4.56. The van der Waals surface area contributed by atoms with Gasteiger partial charge in [-0.25, -0.2) is 9.37 Å². The second-order valence-electron chi connectivity index (χ2n) is 4.81. The van der Waals surface area contributed by atoms with Gasteiger partial charge in [-0.05, 0) is 18.2 Å². The van der Waals surface area contributed by atoms with E-state index in [9.17, 15) is 4.39 Å². The molecule has 0 bridgehead atoms. The maximum absolute atomic E-state index is 13.4. The van der Waals surface area contributed by atoms with Crippen molar-refractivity contribution in [3.63, 3.8) is 0 Å². The highest BCUT2D eigenvalue weighted by Crippen LogP contribution is 2.30. The van der Waals surface area contributed by atoms with E-state index in [1.807, 2.05) is 24.3 Å². The van der Waals surface area contributed by atoms with E-state index in [4.69, 9.17) is 0 Å². The molecule has 0 amide bonds. The minimum Gasteiger partial charge on any atom is -0.344 e. The topological polar surface area (TPSA) is 57.4 Å². The summed E-state index contributed by atoms with van der Waals surface area (Å²) in [5.74, 6) is -0.273. The summed E-state index contributed by atoms with van der Waals surface area (Å²) in [5.41, 5.74) is 4.26. The number of hydrogen-bond donors (Lipinski definition) is 2. The molecule has 2 heterocycles. The van der Waals surface area contributed by atoms with Crippen LogP contribution in [0.4, 0.5) is 4.39 Å². The van der Waals surface area contributed by atoms with Gasteiger partial charge in [-0.1, -0.05) is 24.3 Å². The van der Waals surface area contributed by atoms with Crippen molar-refractivity contribution in [1.29, 1.82) is 0 Å². The van der Waals surface area contributed by atoms with E-state index in [0.717, 1.165) is 33.4 Å². The third-order valence-electron chi connectivity index (χ3n) is 3.47. The van der Waals surface area contributed by atoms with E-state index in [1.54, 1.807) is 18.6 Å². The van der Waals surface area contributed by atoms with Crippen LogP contribution < -0.4 is 0 Å². The summed E-state index contributed by atoms with van der Waals surface area (Å²) in [5, 5.41) is 8.01. The molecule has 4 nitrogen and oxygen atoms in total. The van der Waals surface area contributed by atoms with Gasteiger partial charge < -0.3 is 4.98 Å². The molecule has 0 aliphatic heterocycles. The zero-order valence-electron chi connectivity index (χ0n) is 11.0. The third-order valence-corrected chi connectivity index (χ3v) is 3.47. The smallest absolute Gasteiger partial charge is 0.123 e. The molecule has 0 unspecified atom stereocenters. The summed E-state index contributed by atoms with van der Waals surface area (Å²) in [6.45, 7) is 0. The van der Waals surface area contributed by atoms with Gasteiger partial charge in [-0.3, -0.25) is 5.10 Å². The van der Waals surface area contributed by atoms with E-state index >= 15 is 0 Å². The second-order valence-corrected chi connectivity index (χ2v) is 4.81. The van der Waals surface area contributed by atoms with Gasteiger partial charge in [-0.15, -0.1) is 0 Å². The molecule has 4 rings (SSSR count). The maximum atomic E-state index is 13.4. The molecule has 21 heavy (non-hydrogen) atoms. The van der Waals surface area contributed by atoms with Crippen molar-refractivity contribution in [2.75, 3.05) is 0 Å². The minimum atomic E-state index is -0.273. The van der Waals surface area contributed by atoms with Gasteiger partial charge in [0, 0.05) is 16.5 Å². The molecule has 2 aromatic carbocycles. The summed E-state index contributed by atoms with van der Waals surface area (Å²) >= 11 is 0. The number of aromatic nitrogens is 4. The zero-order chi connectivity index (χ0) is 14.2. The summed E-state index contributed by atoms with van der Waals surface area (Å²) in [7, 11) is 0. The highest BCUT2D eigenvalue weighted by Gasteiger charge is 2.11. The van der Waals surface area contributed by atoms with Crippen LogP contribution in [0.1, 0.15) is 0 Å². The molecule has 0 radical (unpaired) electrons. The molecule has 0 saturated heterocycles. The van der Waals surface area contributed by atoms with Crippen LogP contribution >= 0.6 is 0 Å². The Balaban J connectivity index is 1.88. The number of hydrogen-bond acceptors (Lipinski definition) is 2. The molecule has 0 aliphatic rings. The van der Waals surface area contributed by atoms with Gasteiger partial charge in [0.25, 0.3) is 0 Å². The number of nitrogens with one attached hydrogen (secondary N) is 2. The van der Waals surface area contributed by atoms with Crippen molar-refractivity contribution in [3.8, 4) is 22.5 Å². The first-order valence-corrected chi connectivity index (χ1v) is 6.54. The molecule has 102 valence electrons. The maximum Gasteiger partial charge on any atom is 0.123 e. The van der Waals surface area contributed by atoms with Crippen LogP contribution in [0.5, 0.6) is 0 Å². The lowest BCUT2D eigenvalue weighted by atomic mass is 10.0. The molecule has 0 fully saturated rings. The SMILES string of the molecule is Fc1cccc(-c2nc[nH]c2-c2ccc3cn[nH]c3c2)c1. The van der Waals surface area contributed by atoms with Gasteiger partial charge in [0.05, 0.1) is 29.4 Å². The van der Waals surface area contributed by atoms with Gasteiger partial charge >= 0.3 is 0 Å². The first kappa shape index (κ1) is 11.8. The molecule has 0 aliphatic carbocycles. The first-order valence-electron chi connectivity index (χ1n) is 6.54. The van der Waals surface area contributed by atoms with Gasteiger partial charge in [0.15, 0.2) is 0 Å². The standard InChI is InChI=1S/C16H11FN4/c17-13-3-1-2-10(6-13)15-16(19-9-18-15)11-4-5-12-8-20-21-14(12)7-11/h1-9H,(H,18,19)(H,20,21). The van der Waals surface area contributed by atoms with Crippen LogP contribution in [0.25, 0.3) is 33.4 Å². The molecule has 5 heteroatoms. The fourth-order valence-electron chi connectivity index (χ4n) is 2.46. The minimum absolute atomic E-state index is 0.273. The zero-order valence-corrected chi connectivity index (χ0v) is 11.0. The monoisotopic (exact) mass is 278 g/mol. The Kier molecular flexibility index (Phi) is 2.57. The van der Waals surface area contributed by atoms with Crippen molar-refractivity contribution in [2.45, 2.75) is 0 Å². The lowest BCUT2D eigenvalue weighted by Crippen LogP contribution is -1.85. The van der Waals surface area contributed by atoms with Gasteiger partial charge in [0.1, 0.15) is 5.82 Å². The van der Waals surface area contributed by atoms with Crippen molar-refractivity contribution < 1.29 is 4.39 Å². The fourth-order valence-corrected chi connectivity index (χ4v) is 2.46. The number of aromatic amines is 2. The van der Waals surface area contributed by atoms with Crippen LogP contribution in [0.15, 0.2) is 55.0 Å². The van der Waals surface area contributed by atoms with Crippen LogP contribution in [0.3, 0.4) is 0 Å².